The molecule has 1 heterocycles. The van der Waals surface area contributed by atoms with Gasteiger partial charge in [0.1, 0.15) is 6.04 Å². The summed E-state index contributed by atoms with van der Waals surface area (Å²) >= 11 is 0. The normalized spacial score (nSPS) is 17.6. The van der Waals surface area contributed by atoms with Crippen LogP contribution in [0, 0.1) is 16.0 Å². The van der Waals surface area contributed by atoms with Crippen LogP contribution in [-0.4, -0.2) is 55.2 Å². The molecule has 11 heteroatoms. The lowest BCUT2D eigenvalue weighted by atomic mass is 9.72. The van der Waals surface area contributed by atoms with Crippen LogP contribution in [0.25, 0.3) is 10.9 Å². The SMILES string of the molecule is COC(=O)C1=C(N[C@@H](Cc2c[nH]c3ccccc23)C(=O)OC)C=C(C)[C@@H](C(=O)OC)[C@@H]1c1cccc([N+](=O)[O-])c1. The number of methoxy groups -OCH3 is 3. The molecule has 208 valence electrons. The predicted octanol–water partition coefficient (Wildman–Crippen LogP) is 3.71. The lowest BCUT2D eigenvalue weighted by Crippen LogP contribution is -2.42. The topological polar surface area (TPSA) is 150 Å². The average molecular weight is 548 g/mol. The van der Waals surface area contributed by atoms with Gasteiger partial charge in [-0.3, -0.25) is 14.9 Å². The van der Waals surface area contributed by atoms with E-state index < -0.39 is 40.7 Å². The molecule has 0 amide bonds. The summed E-state index contributed by atoms with van der Waals surface area (Å²) in [6, 6.07) is 12.4. The van der Waals surface area contributed by atoms with E-state index in [0.29, 0.717) is 11.1 Å². The molecule has 1 aliphatic rings. The number of carbonyl (C=O) groups is 3. The Hall–Kier alpha value is -4.93. The molecule has 0 fully saturated rings. The number of hydrogen-bond acceptors (Lipinski definition) is 9. The summed E-state index contributed by atoms with van der Waals surface area (Å²) in [6.07, 6.45) is 3.61. The molecule has 1 aliphatic carbocycles. The lowest BCUT2D eigenvalue weighted by Gasteiger charge is -2.33. The second-order valence-corrected chi connectivity index (χ2v) is 9.32. The summed E-state index contributed by atoms with van der Waals surface area (Å²) < 4.78 is 15.2. The van der Waals surface area contributed by atoms with Gasteiger partial charge in [-0.2, -0.15) is 0 Å². The van der Waals surface area contributed by atoms with Crippen molar-refractivity contribution in [1.82, 2.24) is 10.3 Å². The number of allylic oxidation sites excluding steroid dienone is 1. The Kier molecular flexibility index (Phi) is 8.32. The number of aromatic amines is 1. The summed E-state index contributed by atoms with van der Waals surface area (Å²) in [6.45, 7) is 1.69. The highest BCUT2D eigenvalue weighted by molar-refractivity contribution is 5.95. The van der Waals surface area contributed by atoms with Crippen LogP contribution in [0.1, 0.15) is 24.0 Å². The molecule has 0 spiro atoms. The Morgan fingerprint density at radius 3 is 2.48 bits per heavy atom. The van der Waals surface area contributed by atoms with Crippen LogP contribution in [0.4, 0.5) is 5.69 Å². The van der Waals surface area contributed by atoms with Gasteiger partial charge in [0.2, 0.25) is 0 Å². The largest absolute Gasteiger partial charge is 0.469 e. The zero-order chi connectivity index (χ0) is 29.0. The first-order valence-electron chi connectivity index (χ1n) is 12.4. The van der Waals surface area contributed by atoms with E-state index in [4.69, 9.17) is 14.2 Å². The smallest absolute Gasteiger partial charge is 0.336 e. The van der Waals surface area contributed by atoms with E-state index in [1.165, 1.54) is 39.5 Å². The van der Waals surface area contributed by atoms with E-state index in [0.717, 1.165) is 16.5 Å². The van der Waals surface area contributed by atoms with Crippen molar-refractivity contribution in [2.24, 2.45) is 5.92 Å². The van der Waals surface area contributed by atoms with Crippen LogP contribution in [0.5, 0.6) is 0 Å². The Balaban J connectivity index is 1.86. The minimum absolute atomic E-state index is 0.0248. The number of H-pyrrole nitrogens is 1. The van der Waals surface area contributed by atoms with Gasteiger partial charge >= 0.3 is 17.9 Å². The molecule has 3 atom stereocenters. The number of nitro benzene ring substituents is 1. The Labute approximate surface area is 229 Å². The van der Waals surface area contributed by atoms with Gasteiger partial charge in [-0.15, -0.1) is 0 Å². The highest BCUT2D eigenvalue weighted by Crippen LogP contribution is 2.43. The number of aromatic nitrogens is 1. The Morgan fingerprint density at radius 1 is 1.05 bits per heavy atom. The molecule has 4 rings (SSSR count). The fourth-order valence-electron chi connectivity index (χ4n) is 5.14. The second-order valence-electron chi connectivity index (χ2n) is 9.32. The number of carbonyl (C=O) groups excluding carboxylic acids is 3. The molecule has 1 aromatic heterocycles. The maximum atomic E-state index is 13.3. The first kappa shape index (κ1) is 28.1. The van der Waals surface area contributed by atoms with Gasteiger partial charge in [0.25, 0.3) is 5.69 Å². The van der Waals surface area contributed by atoms with Crippen molar-refractivity contribution in [1.29, 1.82) is 0 Å². The first-order valence-corrected chi connectivity index (χ1v) is 12.4. The monoisotopic (exact) mass is 547 g/mol. The quantitative estimate of drug-likeness (QED) is 0.177. The van der Waals surface area contributed by atoms with E-state index in [2.05, 4.69) is 10.3 Å². The maximum absolute atomic E-state index is 13.3. The number of nitrogens with zero attached hydrogens (tertiary/aromatic N) is 1. The molecule has 0 saturated carbocycles. The van der Waals surface area contributed by atoms with Gasteiger partial charge in [-0.05, 0) is 30.2 Å². The third-order valence-electron chi connectivity index (χ3n) is 7.01. The molecule has 0 aliphatic heterocycles. The van der Waals surface area contributed by atoms with Crippen LogP contribution in [0.2, 0.25) is 0 Å². The number of benzene rings is 2. The predicted molar refractivity (Wildman–Crippen MR) is 145 cm³/mol. The van der Waals surface area contributed by atoms with E-state index in [1.807, 2.05) is 24.3 Å². The Bertz CT molecular complexity index is 1540. The molecule has 40 heavy (non-hydrogen) atoms. The van der Waals surface area contributed by atoms with Gasteiger partial charge in [0, 0.05) is 47.3 Å². The first-order chi connectivity index (χ1) is 19.2. The van der Waals surface area contributed by atoms with Gasteiger partial charge in [0.15, 0.2) is 0 Å². The van der Waals surface area contributed by atoms with Crippen molar-refractivity contribution in [3.63, 3.8) is 0 Å². The Morgan fingerprint density at radius 2 is 1.80 bits per heavy atom. The lowest BCUT2D eigenvalue weighted by molar-refractivity contribution is -0.384. The maximum Gasteiger partial charge on any atom is 0.336 e. The van der Waals surface area contributed by atoms with Gasteiger partial charge in [-0.1, -0.05) is 35.9 Å². The highest BCUT2D eigenvalue weighted by atomic mass is 16.6. The summed E-state index contributed by atoms with van der Waals surface area (Å²) in [4.78, 5) is 53.4. The standard InChI is InChI=1S/C29H29N3O8/c1-16-12-22(31-23(27(33)38-2)14-18-15-30-21-11-6-5-10-20(18)21)26(29(35)40-4)25(24(16)28(34)39-3)17-8-7-9-19(13-17)32(36)37/h5-13,15,23-25,30-31H,14H2,1-4H3/t23-,24+,25-/m0/s1. The molecule has 3 aromatic rings. The summed E-state index contributed by atoms with van der Waals surface area (Å²) in [5, 5.41) is 15.6. The molecule has 2 N–H and O–H groups in total. The second kappa shape index (κ2) is 11.9. The zero-order valence-electron chi connectivity index (χ0n) is 22.4. The molecule has 11 nitrogen and oxygen atoms in total. The van der Waals surface area contributed by atoms with Crippen molar-refractivity contribution in [3.05, 3.63) is 98.9 Å². The number of nitro groups is 1. The number of para-hydroxylation sites is 1. The van der Waals surface area contributed by atoms with E-state index in [1.54, 1.807) is 25.3 Å². The molecule has 2 aromatic carbocycles. The number of hydrogen-bond donors (Lipinski definition) is 2. The molecule has 0 unspecified atom stereocenters. The van der Waals surface area contributed by atoms with Crippen LogP contribution >= 0.6 is 0 Å². The van der Waals surface area contributed by atoms with Crippen LogP contribution < -0.4 is 5.32 Å². The number of esters is 3. The zero-order valence-corrected chi connectivity index (χ0v) is 22.4. The van der Waals surface area contributed by atoms with Crippen LogP contribution in [-0.2, 0) is 35.0 Å². The molecule has 0 radical (unpaired) electrons. The van der Waals surface area contributed by atoms with Crippen molar-refractivity contribution in [3.8, 4) is 0 Å². The fourth-order valence-corrected chi connectivity index (χ4v) is 5.14. The minimum atomic E-state index is -1.00. The minimum Gasteiger partial charge on any atom is -0.469 e. The van der Waals surface area contributed by atoms with Crippen molar-refractivity contribution < 1.29 is 33.5 Å². The number of fused-ring (bicyclic) bond motifs is 1. The molecular weight excluding hydrogens is 518 g/mol. The van der Waals surface area contributed by atoms with Crippen LogP contribution in [0.3, 0.4) is 0 Å². The van der Waals surface area contributed by atoms with Crippen molar-refractivity contribution >= 4 is 34.5 Å². The number of ether oxygens (including phenoxy) is 3. The van der Waals surface area contributed by atoms with Crippen molar-refractivity contribution in [2.75, 3.05) is 21.3 Å². The van der Waals surface area contributed by atoms with E-state index in [9.17, 15) is 24.5 Å². The molecule has 0 saturated heterocycles. The summed E-state index contributed by atoms with van der Waals surface area (Å²) in [5.74, 6) is -3.95. The average Bonchev–Trinajstić information content (AvgIpc) is 3.37. The number of nitrogens with one attached hydrogen (secondary N) is 2. The molecule has 0 bridgehead atoms. The van der Waals surface area contributed by atoms with E-state index >= 15 is 0 Å². The van der Waals surface area contributed by atoms with E-state index in [-0.39, 0.29) is 23.4 Å². The summed E-state index contributed by atoms with van der Waals surface area (Å²) in [7, 11) is 3.69. The van der Waals surface area contributed by atoms with Crippen LogP contribution in [0.15, 0.2) is 77.6 Å². The fraction of sp³-hybridized carbons (Fsp3) is 0.276. The third kappa shape index (κ3) is 5.44. The van der Waals surface area contributed by atoms with Gasteiger partial charge < -0.3 is 24.5 Å². The highest BCUT2D eigenvalue weighted by Gasteiger charge is 2.43. The van der Waals surface area contributed by atoms with Gasteiger partial charge in [-0.25, -0.2) is 9.59 Å². The van der Waals surface area contributed by atoms with Gasteiger partial charge in [0.05, 0.1) is 37.7 Å². The number of non-ortho nitro benzene ring substituents is 1. The number of rotatable bonds is 9. The molecular formula is C29H29N3O8. The van der Waals surface area contributed by atoms with Crippen molar-refractivity contribution in [2.45, 2.75) is 25.3 Å². The summed E-state index contributed by atoms with van der Waals surface area (Å²) in [5.41, 5.74) is 2.65. The third-order valence-corrected chi connectivity index (χ3v) is 7.01.